The normalized spacial score (nSPS) is 16.4. The number of hydrogen-bond acceptors (Lipinski definition) is 4. The van der Waals surface area contributed by atoms with E-state index < -0.39 is 9.52 Å². The number of ether oxygens (including phenoxy) is 1. The highest BCUT2D eigenvalue weighted by Gasteiger charge is 2.15. The van der Waals surface area contributed by atoms with E-state index in [0.717, 1.165) is 4.21 Å². The molecule has 0 radical (unpaired) electrons. The first-order chi connectivity index (χ1) is 7.95. The lowest BCUT2D eigenvalue weighted by Crippen LogP contribution is -2.19. The zero-order valence-electron chi connectivity index (χ0n) is 10.2. The Hall–Kier alpha value is -0.650. The first kappa shape index (κ1) is 14.4. The van der Waals surface area contributed by atoms with E-state index >= 15 is 0 Å². The zero-order valence-corrected chi connectivity index (χ0v) is 11.8. The molecule has 5 heteroatoms. The fourth-order valence-electron chi connectivity index (χ4n) is 1.52. The van der Waals surface area contributed by atoms with Crippen molar-refractivity contribution < 1.29 is 13.7 Å². The van der Waals surface area contributed by atoms with Crippen LogP contribution in [0.4, 0.5) is 0 Å². The Labute approximate surface area is 107 Å². The summed E-state index contributed by atoms with van der Waals surface area (Å²) < 4.78 is 18.3. The molecule has 2 atom stereocenters. The summed E-state index contributed by atoms with van der Waals surface area (Å²) in [6.07, 6.45) is 0.808. The van der Waals surface area contributed by atoms with Crippen molar-refractivity contribution in [3.05, 3.63) is 17.5 Å². The van der Waals surface area contributed by atoms with E-state index in [1.165, 1.54) is 18.3 Å². The molecule has 0 N–H and O–H groups in total. The molecule has 1 aromatic rings. The van der Waals surface area contributed by atoms with Gasteiger partial charge >= 0.3 is 0 Å². The second kappa shape index (κ2) is 6.33. The third kappa shape index (κ3) is 4.61. The third-order valence-electron chi connectivity index (χ3n) is 2.48. The molecule has 0 saturated heterocycles. The van der Waals surface area contributed by atoms with Crippen molar-refractivity contribution >= 4 is 32.5 Å². The van der Waals surface area contributed by atoms with Gasteiger partial charge in [0, 0.05) is 28.8 Å². The minimum atomic E-state index is -2.23. The predicted molar refractivity (Wildman–Crippen MR) is 73.4 cm³/mol. The van der Waals surface area contributed by atoms with E-state index in [1.807, 2.05) is 17.5 Å². The van der Waals surface area contributed by atoms with Crippen LogP contribution in [0.2, 0.25) is 0 Å². The third-order valence-corrected chi connectivity index (χ3v) is 6.11. The van der Waals surface area contributed by atoms with E-state index in [9.17, 15) is 9.00 Å². The molecule has 17 heavy (non-hydrogen) atoms. The largest absolute Gasteiger partial charge is 0.381 e. The van der Waals surface area contributed by atoms with Crippen LogP contribution in [0.5, 0.6) is 0 Å². The monoisotopic (exact) mass is 274 g/mol. The maximum atomic E-state index is 12.3. The van der Waals surface area contributed by atoms with Crippen LogP contribution in [0, 0.1) is 0 Å². The number of carbonyl (C=O) groups is 1. The van der Waals surface area contributed by atoms with Crippen molar-refractivity contribution in [3.8, 4) is 0 Å². The summed E-state index contributed by atoms with van der Waals surface area (Å²) in [6.45, 7) is 1.53. The minimum absolute atomic E-state index is 0.0866. The number of hydrogen-bond donors (Lipinski definition) is 0. The van der Waals surface area contributed by atoms with Gasteiger partial charge in [-0.2, -0.15) is 0 Å². The average Bonchev–Trinajstić information content (AvgIpc) is 2.77. The lowest BCUT2D eigenvalue weighted by molar-refractivity contribution is -0.119. The number of ketones is 1. The van der Waals surface area contributed by atoms with Crippen LogP contribution in [0.3, 0.4) is 0 Å². The van der Waals surface area contributed by atoms with Gasteiger partial charge in [0.05, 0.1) is 10.3 Å². The molecular weight excluding hydrogens is 256 g/mol. The van der Waals surface area contributed by atoms with Crippen molar-refractivity contribution in [2.45, 2.75) is 30.1 Å². The van der Waals surface area contributed by atoms with Gasteiger partial charge in [-0.05, 0) is 30.7 Å². The van der Waals surface area contributed by atoms with E-state index in [1.54, 1.807) is 7.11 Å². The van der Waals surface area contributed by atoms with E-state index in [4.69, 9.17) is 4.74 Å². The van der Waals surface area contributed by atoms with Gasteiger partial charge in [-0.25, -0.2) is 0 Å². The van der Waals surface area contributed by atoms with Crippen LogP contribution in [0.15, 0.2) is 21.7 Å². The van der Waals surface area contributed by atoms with E-state index in [0.29, 0.717) is 18.6 Å². The fourth-order valence-corrected chi connectivity index (χ4v) is 4.26. The highest BCUT2D eigenvalue weighted by Crippen LogP contribution is 2.19. The molecule has 0 aliphatic carbocycles. The average molecular weight is 274 g/mol. The molecule has 1 rings (SSSR count). The molecule has 1 heterocycles. The van der Waals surface area contributed by atoms with Crippen molar-refractivity contribution in [1.82, 2.24) is 0 Å². The maximum absolute atomic E-state index is 12.3. The Bertz CT molecular complexity index is 446. The summed E-state index contributed by atoms with van der Waals surface area (Å²) in [4.78, 5) is 11.0. The Morgan fingerprint density at radius 2 is 2.35 bits per heavy atom. The van der Waals surface area contributed by atoms with Crippen molar-refractivity contribution in [2.24, 2.45) is 0 Å². The molecule has 0 fully saturated rings. The second-order valence-electron chi connectivity index (χ2n) is 4.00. The van der Waals surface area contributed by atoms with Crippen molar-refractivity contribution in [1.29, 1.82) is 0 Å². The molecule has 3 nitrogen and oxygen atoms in total. The Morgan fingerprint density at radius 1 is 1.65 bits per heavy atom. The first-order valence-electron chi connectivity index (χ1n) is 5.36. The Kier molecular flexibility index (Phi) is 5.36. The minimum Gasteiger partial charge on any atom is -0.381 e. The maximum Gasteiger partial charge on any atom is 0.132 e. The lowest BCUT2D eigenvalue weighted by Gasteiger charge is -2.14. The summed E-state index contributed by atoms with van der Waals surface area (Å²) in [5.74, 6) is 4.34. The number of rotatable bonds is 7. The summed E-state index contributed by atoms with van der Waals surface area (Å²) in [5.41, 5.74) is 0. The highest BCUT2D eigenvalue weighted by atomic mass is 32.2. The van der Waals surface area contributed by atoms with Crippen LogP contribution >= 0.6 is 11.3 Å². The topological polar surface area (TPSA) is 43.4 Å². The summed E-state index contributed by atoms with van der Waals surface area (Å²) in [7, 11) is -0.658. The van der Waals surface area contributed by atoms with Crippen LogP contribution in [-0.2, 0) is 19.1 Å². The molecule has 0 aliphatic heterocycles. The number of thiophene rings is 1. The summed E-state index contributed by atoms with van der Waals surface area (Å²) >= 11 is 1.46. The van der Waals surface area contributed by atoms with Gasteiger partial charge in [0.2, 0.25) is 0 Å². The van der Waals surface area contributed by atoms with Crippen LogP contribution in [-0.4, -0.2) is 34.8 Å². The summed E-state index contributed by atoms with van der Waals surface area (Å²) in [6, 6.07) is 3.71. The molecular formula is C12H18O3S2. The molecule has 2 unspecified atom stereocenters. The second-order valence-corrected chi connectivity index (χ2v) is 7.68. The number of methoxy groups -OCH3 is 1. The number of Topliss-reactive ketones (excluding diaryl/α,β-unsaturated/α-hetero) is 1. The smallest absolute Gasteiger partial charge is 0.132 e. The van der Waals surface area contributed by atoms with Crippen LogP contribution in [0.25, 0.3) is 0 Å². The highest BCUT2D eigenvalue weighted by molar-refractivity contribution is 8.02. The molecule has 0 bridgehead atoms. The Morgan fingerprint density at radius 3 is 2.82 bits per heavy atom. The summed E-state index contributed by atoms with van der Waals surface area (Å²) in [5, 5.41) is 1.89. The van der Waals surface area contributed by atoms with Gasteiger partial charge < -0.3 is 4.74 Å². The SMILES string of the molecule is C=S(=O)(CCC(CC(C)=O)OC)c1cccs1. The van der Waals surface area contributed by atoms with E-state index in [2.05, 4.69) is 5.87 Å². The molecule has 0 amide bonds. The van der Waals surface area contributed by atoms with Gasteiger partial charge in [-0.15, -0.1) is 11.3 Å². The van der Waals surface area contributed by atoms with Gasteiger partial charge in [0.15, 0.2) is 0 Å². The van der Waals surface area contributed by atoms with Gasteiger partial charge in [-0.1, -0.05) is 6.07 Å². The number of carbonyl (C=O) groups excluding carboxylic acids is 1. The Balaban J connectivity index is 2.57. The van der Waals surface area contributed by atoms with Gasteiger partial charge in [-0.3, -0.25) is 9.00 Å². The van der Waals surface area contributed by atoms with Crippen LogP contribution in [0.1, 0.15) is 19.8 Å². The lowest BCUT2D eigenvalue weighted by atomic mass is 10.1. The standard InChI is InChI=1S/C12H18O3S2/c1-10(13)9-11(15-2)6-8-17(3,14)12-5-4-7-16-12/h4-5,7,11H,3,6,8-9H2,1-2H3. The van der Waals surface area contributed by atoms with Gasteiger partial charge in [0.25, 0.3) is 0 Å². The zero-order chi connectivity index (χ0) is 12.9. The quantitative estimate of drug-likeness (QED) is 0.716. The predicted octanol–water partition coefficient (Wildman–Crippen LogP) is 2.21. The molecule has 0 aliphatic rings. The molecule has 1 aromatic heterocycles. The van der Waals surface area contributed by atoms with E-state index in [-0.39, 0.29) is 11.9 Å². The fraction of sp³-hybridized carbons (Fsp3) is 0.500. The molecule has 0 saturated carbocycles. The molecule has 0 aromatic carbocycles. The molecule has 96 valence electrons. The van der Waals surface area contributed by atoms with Crippen LogP contribution < -0.4 is 0 Å². The van der Waals surface area contributed by atoms with Crippen molar-refractivity contribution in [2.75, 3.05) is 12.9 Å². The molecule has 0 spiro atoms. The first-order valence-corrected chi connectivity index (χ1v) is 8.14. The van der Waals surface area contributed by atoms with Gasteiger partial charge in [0.1, 0.15) is 5.78 Å². The van der Waals surface area contributed by atoms with Crippen molar-refractivity contribution in [3.63, 3.8) is 0 Å².